The summed E-state index contributed by atoms with van der Waals surface area (Å²) in [7, 11) is 0. The van der Waals surface area contributed by atoms with Crippen LogP contribution in [0.15, 0.2) is 6.20 Å². The Hall–Kier alpha value is -1.89. The highest BCUT2D eigenvalue weighted by atomic mass is 16.5. The Morgan fingerprint density at radius 1 is 1.36 bits per heavy atom. The van der Waals surface area contributed by atoms with E-state index in [0.717, 1.165) is 24.9 Å². The molecule has 0 saturated carbocycles. The minimum Gasteiger partial charge on any atom is -0.383 e. The molecule has 22 heavy (non-hydrogen) atoms. The monoisotopic (exact) mass is 305 g/mol. The van der Waals surface area contributed by atoms with Crippen molar-refractivity contribution >= 4 is 17.7 Å². The van der Waals surface area contributed by atoms with Crippen molar-refractivity contribution in [1.82, 2.24) is 14.9 Å². The summed E-state index contributed by atoms with van der Waals surface area (Å²) < 4.78 is 5.31. The average molecular weight is 305 g/mol. The van der Waals surface area contributed by atoms with Crippen molar-refractivity contribution in [2.75, 3.05) is 50.0 Å². The van der Waals surface area contributed by atoms with Crippen molar-refractivity contribution < 1.29 is 9.53 Å². The van der Waals surface area contributed by atoms with Crippen LogP contribution in [0.25, 0.3) is 0 Å². The van der Waals surface area contributed by atoms with Crippen LogP contribution in [0.4, 0.5) is 11.8 Å². The zero-order valence-corrected chi connectivity index (χ0v) is 13.0. The molecule has 3 rings (SSSR count). The highest BCUT2D eigenvalue weighted by molar-refractivity contribution is 5.79. The Morgan fingerprint density at radius 2 is 2.14 bits per heavy atom. The van der Waals surface area contributed by atoms with E-state index in [9.17, 15) is 4.79 Å². The number of ether oxygens (including phenoxy) is 1. The zero-order chi connectivity index (χ0) is 15.5. The second-order valence-electron chi connectivity index (χ2n) is 5.96. The Balaban J connectivity index is 1.68. The van der Waals surface area contributed by atoms with Crippen LogP contribution in [-0.4, -0.2) is 60.2 Å². The molecule has 120 valence electrons. The number of aromatic nitrogens is 2. The number of aryl methyl sites for hydroxylation is 1. The molecule has 2 aliphatic rings. The van der Waals surface area contributed by atoms with E-state index in [2.05, 4.69) is 14.9 Å². The largest absolute Gasteiger partial charge is 0.383 e. The smallest absolute Gasteiger partial charge is 0.227 e. The normalized spacial score (nSPS) is 22.7. The van der Waals surface area contributed by atoms with Gasteiger partial charge >= 0.3 is 0 Å². The summed E-state index contributed by atoms with van der Waals surface area (Å²) >= 11 is 0. The first-order valence-electron chi connectivity index (χ1n) is 7.86. The highest BCUT2D eigenvalue weighted by Crippen LogP contribution is 2.23. The van der Waals surface area contributed by atoms with E-state index in [0.29, 0.717) is 44.6 Å². The van der Waals surface area contributed by atoms with Crippen LogP contribution in [0.5, 0.6) is 0 Å². The number of hydrogen-bond acceptors (Lipinski definition) is 6. The highest BCUT2D eigenvalue weighted by Gasteiger charge is 2.31. The van der Waals surface area contributed by atoms with Gasteiger partial charge in [-0.05, 0) is 19.8 Å². The third-order valence-corrected chi connectivity index (χ3v) is 4.37. The number of nitrogens with two attached hydrogens (primary N) is 1. The van der Waals surface area contributed by atoms with Crippen LogP contribution < -0.4 is 10.6 Å². The SMILES string of the molecule is Cc1cnc(N2CCCC(C(=O)N3CCOCC3)C2)nc1N. The predicted molar refractivity (Wildman–Crippen MR) is 83.5 cm³/mol. The molecule has 0 spiro atoms. The predicted octanol–water partition coefficient (Wildman–Crippen LogP) is 0.442. The first-order chi connectivity index (χ1) is 10.6. The maximum absolute atomic E-state index is 12.6. The molecule has 0 bridgehead atoms. The number of carbonyl (C=O) groups excluding carboxylic acids is 1. The molecule has 1 aromatic rings. The lowest BCUT2D eigenvalue weighted by molar-refractivity contribution is -0.139. The van der Waals surface area contributed by atoms with E-state index in [-0.39, 0.29) is 11.8 Å². The third-order valence-electron chi connectivity index (χ3n) is 4.37. The molecule has 7 heteroatoms. The Kier molecular flexibility index (Phi) is 4.42. The van der Waals surface area contributed by atoms with Gasteiger partial charge in [-0.25, -0.2) is 4.98 Å². The molecule has 2 fully saturated rings. The topological polar surface area (TPSA) is 84.6 Å². The van der Waals surface area contributed by atoms with Gasteiger partial charge in [0, 0.05) is 37.9 Å². The lowest BCUT2D eigenvalue weighted by Crippen LogP contribution is -2.48. The fourth-order valence-electron chi connectivity index (χ4n) is 3.00. The molecule has 1 unspecified atom stereocenters. The number of hydrogen-bond donors (Lipinski definition) is 1. The van der Waals surface area contributed by atoms with Crippen LogP contribution in [0.1, 0.15) is 18.4 Å². The number of anilines is 2. The lowest BCUT2D eigenvalue weighted by Gasteiger charge is -2.36. The first kappa shape index (κ1) is 15.0. The summed E-state index contributed by atoms with van der Waals surface area (Å²) in [6, 6.07) is 0. The summed E-state index contributed by atoms with van der Waals surface area (Å²) in [5.41, 5.74) is 6.75. The minimum absolute atomic E-state index is 0.0120. The second-order valence-corrected chi connectivity index (χ2v) is 5.96. The Bertz CT molecular complexity index is 545. The summed E-state index contributed by atoms with van der Waals surface area (Å²) in [4.78, 5) is 25.3. The van der Waals surface area contributed by atoms with Crippen LogP contribution in [0, 0.1) is 12.8 Å². The average Bonchev–Trinajstić information content (AvgIpc) is 2.57. The van der Waals surface area contributed by atoms with Crippen LogP contribution in [0.3, 0.4) is 0 Å². The van der Waals surface area contributed by atoms with Crippen molar-refractivity contribution in [3.05, 3.63) is 11.8 Å². The minimum atomic E-state index is 0.0120. The Morgan fingerprint density at radius 3 is 2.86 bits per heavy atom. The van der Waals surface area contributed by atoms with Crippen molar-refractivity contribution in [2.45, 2.75) is 19.8 Å². The van der Waals surface area contributed by atoms with E-state index in [1.54, 1.807) is 6.20 Å². The molecule has 0 aromatic carbocycles. The van der Waals surface area contributed by atoms with E-state index in [1.165, 1.54) is 0 Å². The van der Waals surface area contributed by atoms with Gasteiger partial charge in [0.2, 0.25) is 11.9 Å². The molecule has 2 saturated heterocycles. The van der Waals surface area contributed by atoms with E-state index >= 15 is 0 Å². The van der Waals surface area contributed by atoms with E-state index in [4.69, 9.17) is 10.5 Å². The van der Waals surface area contributed by atoms with Gasteiger partial charge in [0.1, 0.15) is 5.82 Å². The second kappa shape index (κ2) is 6.48. The van der Waals surface area contributed by atoms with Crippen molar-refractivity contribution in [3.63, 3.8) is 0 Å². The number of amides is 1. The Labute approximate surface area is 130 Å². The molecule has 2 aliphatic heterocycles. The standard InChI is InChI=1S/C15H23N5O2/c1-11-9-17-15(18-13(11)16)20-4-2-3-12(10-20)14(21)19-5-7-22-8-6-19/h9,12H,2-8,10H2,1H3,(H2,16,17,18). The van der Waals surface area contributed by atoms with Crippen LogP contribution >= 0.6 is 0 Å². The molecular formula is C15H23N5O2. The summed E-state index contributed by atoms with van der Waals surface area (Å²) in [6.07, 6.45) is 3.64. The van der Waals surface area contributed by atoms with Gasteiger partial charge in [0.05, 0.1) is 19.1 Å². The fourth-order valence-corrected chi connectivity index (χ4v) is 3.00. The van der Waals surface area contributed by atoms with Gasteiger partial charge in [0.25, 0.3) is 0 Å². The van der Waals surface area contributed by atoms with Crippen LogP contribution in [0.2, 0.25) is 0 Å². The number of nitrogen functional groups attached to an aromatic ring is 1. The van der Waals surface area contributed by atoms with Crippen molar-refractivity contribution in [1.29, 1.82) is 0 Å². The van der Waals surface area contributed by atoms with Crippen molar-refractivity contribution in [2.24, 2.45) is 5.92 Å². The van der Waals surface area contributed by atoms with Gasteiger partial charge < -0.3 is 20.3 Å². The van der Waals surface area contributed by atoms with Gasteiger partial charge in [-0.2, -0.15) is 4.98 Å². The van der Waals surface area contributed by atoms with E-state index in [1.807, 2.05) is 11.8 Å². The van der Waals surface area contributed by atoms with Gasteiger partial charge in [0.15, 0.2) is 0 Å². The molecule has 2 N–H and O–H groups in total. The number of carbonyl (C=O) groups is 1. The van der Waals surface area contributed by atoms with Gasteiger partial charge in [-0.15, -0.1) is 0 Å². The molecule has 0 aliphatic carbocycles. The molecular weight excluding hydrogens is 282 g/mol. The quantitative estimate of drug-likeness (QED) is 0.853. The molecule has 7 nitrogen and oxygen atoms in total. The maximum atomic E-state index is 12.6. The number of rotatable bonds is 2. The van der Waals surface area contributed by atoms with Gasteiger partial charge in [-0.1, -0.05) is 0 Å². The number of morpholine rings is 1. The van der Waals surface area contributed by atoms with Crippen molar-refractivity contribution in [3.8, 4) is 0 Å². The molecule has 3 heterocycles. The summed E-state index contributed by atoms with van der Waals surface area (Å²) in [5, 5.41) is 0. The fraction of sp³-hybridized carbons (Fsp3) is 0.667. The lowest BCUT2D eigenvalue weighted by atomic mass is 9.96. The van der Waals surface area contributed by atoms with Gasteiger partial charge in [-0.3, -0.25) is 4.79 Å². The summed E-state index contributed by atoms with van der Waals surface area (Å²) in [5.74, 6) is 1.38. The molecule has 0 radical (unpaired) electrons. The zero-order valence-electron chi connectivity index (χ0n) is 13.0. The number of nitrogens with zero attached hydrogens (tertiary/aromatic N) is 4. The first-order valence-corrected chi connectivity index (χ1v) is 7.86. The maximum Gasteiger partial charge on any atom is 0.227 e. The molecule has 1 amide bonds. The molecule has 1 aromatic heterocycles. The van der Waals surface area contributed by atoms with E-state index < -0.39 is 0 Å². The number of piperidine rings is 1. The molecule has 1 atom stereocenters. The van der Waals surface area contributed by atoms with Crippen LogP contribution in [-0.2, 0) is 9.53 Å². The summed E-state index contributed by atoms with van der Waals surface area (Å²) in [6.45, 7) is 6.10. The third kappa shape index (κ3) is 3.14.